The molecule has 3 rings (SSSR count). The molecule has 28 heavy (non-hydrogen) atoms. The number of nitrogens with zero attached hydrogens (tertiary/aromatic N) is 3. The number of carbonyl (C=O) groups is 2. The third kappa shape index (κ3) is 4.04. The molecule has 0 radical (unpaired) electrons. The van der Waals surface area contributed by atoms with Gasteiger partial charge in [-0.15, -0.1) is 0 Å². The van der Waals surface area contributed by atoms with Gasteiger partial charge in [-0.2, -0.15) is 0 Å². The van der Waals surface area contributed by atoms with Gasteiger partial charge in [0.25, 0.3) is 5.91 Å². The van der Waals surface area contributed by atoms with E-state index in [4.69, 9.17) is 4.74 Å². The summed E-state index contributed by atoms with van der Waals surface area (Å²) in [6.07, 6.45) is -0.321. The van der Waals surface area contributed by atoms with Crippen molar-refractivity contribution in [1.29, 1.82) is 0 Å². The number of amides is 2. The topological polar surface area (TPSA) is 54.8 Å². The fraction of sp³-hybridized carbons (Fsp3) is 0.524. The molecule has 0 unspecified atom stereocenters. The molecule has 0 bridgehead atoms. The Balaban J connectivity index is 1.79. The molecule has 2 heterocycles. The molecule has 0 N–H and O–H groups in total. The number of para-hydroxylation sites is 1. The summed E-state index contributed by atoms with van der Waals surface area (Å²) in [7, 11) is 0. The highest BCUT2D eigenvalue weighted by atomic mass is 79.9. The highest BCUT2D eigenvalue weighted by molar-refractivity contribution is 9.10. The Hall–Kier alpha value is -2.02. The molecule has 2 aromatic rings. The van der Waals surface area contributed by atoms with Crippen molar-refractivity contribution in [1.82, 2.24) is 14.4 Å². The summed E-state index contributed by atoms with van der Waals surface area (Å²) >= 11 is 3.60. The van der Waals surface area contributed by atoms with E-state index in [0.717, 1.165) is 15.4 Å². The van der Waals surface area contributed by atoms with E-state index in [1.165, 1.54) is 0 Å². The molecule has 1 aromatic carbocycles. The van der Waals surface area contributed by atoms with Gasteiger partial charge in [-0.25, -0.2) is 4.79 Å². The third-order valence-electron chi connectivity index (χ3n) is 4.95. The molecule has 1 aromatic heterocycles. The fourth-order valence-corrected chi connectivity index (χ4v) is 4.28. The predicted octanol–water partition coefficient (Wildman–Crippen LogP) is 4.51. The van der Waals surface area contributed by atoms with E-state index in [1.807, 2.05) is 68.4 Å². The lowest BCUT2D eigenvalue weighted by molar-refractivity contribution is 0.00184. The van der Waals surface area contributed by atoms with Crippen LogP contribution >= 0.6 is 15.9 Å². The average molecular weight is 450 g/mol. The number of benzene rings is 1. The SMILES string of the molecule is CCn1c(C(=O)N2CCN(C(=O)OC(C)(C)C)[C@@H](C)C2)cc2cccc(Br)c21. The monoisotopic (exact) mass is 449 g/mol. The molecule has 0 spiro atoms. The molecule has 1 fully saturated rings. The number of halogens is 1. The van der Waals surface area contributed by atoms with Gasteiger partial charge in [0.1, 0.15) is 11.3 Å². The van der Waals surface area contributed by atoms with E-state index >= 15 is 0 Å². The van der Waals surface area contributed by atoms with E-state index in [1.54, 1.807) is 4.90 Å². The Morgan fingerprint density at radius 1 is 1.25 bits per heavy atom. The highest BCUT2D eigenvalue weighted by Crippen LogP contribution is 2.28. The maximum absolute atomic E-state index is 13.3. The van der Waals surface area contributed by atoms with Crippen LogP contribution in [-0.2, 0) is 11.3 Å². The summed E-state index contributed by atoms with van der Waals surface area (Å²) in [6.45, 7) is 11.7. The second kappa shape index (κ2) is 7.78. The minimum absolute atomic E-state index is 0.000591. The van der Waals surface area contributed by atoms with Gasteiger partial charge in [0, 0.05) is 42.1 Å². The van der Waals surface area contributed by atoms with Crippen molar-refractivity contribution < 1.29 is 14.3 Å². The summed E-state index contributed by atoms with van der Waals surface area (Å²) < 4.78 is 8.52. The summed E-state index contributed by atoms with van der Waals surface area (Å²) in [5.74, 6) is 0.000591. The third-order valence-corrected chi connectivity index (χ3v) is 5.59. The van der Waals surface area contributed by atoms with Crippen LogP contribution in [0.5, 0.6) is 0 Å². The number of fused-ring (bicyclic) bond motifs is 1. The van der Waals surface area contributed by atoms with Gasteiger partial charge < -0.3 is 19.1 Å². The predicted molar refractivity (Wildman–Crippen MR) is 114 cm³/mol. The summed E-state index contributed by atoms with van der Waals surface area (Å²) in [4.78, 5) is 29.2. The number of hydrogen-bond donors (Lipinski definition) is 0. The fourth-order valence-electron chi connectivity index (χ4n) is 3.68. The largest absolute Gasteiger partial charge is 0.444 e. The summed E-state index contributed by atoms with van der Waals surface area (Å²) in [6, 6.07) is 7.84. The smallest absolute Gasteiger partial charge is 0.410 e. The molecule has 152 valence electrons. The lowest BCUT2D eigenvalue weighted by atomic mass is 10.1. The minimum atomic E-state index is -0.529. The van der Waals surface area contributed by atoms with E-state index < -0.39 is 5.60 Å². The first-order valence-electron chi connectivity index (χ1n) is 9.69. The van der Waals surface area contributed by atoms with Crippen molar-refractivity contribution in [2.45, 2.75) is 52.8 Å². The molecule has 1 atom stereocenters. The van der Waals surface area contributed by atoms with E-state index in [0.29, 0.717) is 31.9 Å². The van der Waals surface area contributed by atoms with Gasteiger partial charge in [0.05, 0.1) is 5.52 Å². The Bertz CT molecular complexity index is 900. The first-order chi connectivity index (χ1) is 13.1. The van der Waals surface area contributed by atoms with Crippen molar-refractivity contribution in [3.05, 3.63) is 34.4 Å². The Morgan fingerprint density at radius 2 is 1.96 bits per heavy atom. The lowest BCUT2D eigenvalue weighted by Gasteiger charge is -2.40. The van der Waals surface area contributed by atoms with E-state index in [-0.39, 0.29) is 18.0 Å². The van der Waals surface area contributed by atoms with Gasteiger partial charge in [-0.3, -0.25) is 4.79 Å². The van der Waals surface area contributed by atoms with Crippen molar-refractivity contribution >= 4 is 38.8 Å². The summed E-state index contributed by atoms with van der Waals surface area (Å²) in [5.41, 5.74) is 1.19. The molecule has 1 saturated heterocycles. The van der Waals surface area contributed by atoms with Gasteiger partial charge in [-0.1, -0.05) is 12.1 Å². The van der Waals surface area contributed by atoms with Crippen molar-refractivity contribution in [2.24, 2.45) is 0 Å². The van der Waals surface area contributed by atoms with Crippen molar-refractivity contribution in [3.8, 4) is 0 Å². The molecule has 6 nitrogen and oxygen atoms in total. The standard InChI is InChI=1S/C21H28BrN3O3/c1-6-24-17(12-15-8-7-9-16(22)18(15)24)19(26)23-10-11-25(14(2)13-23)20(27)28-21(3,4)5/h7-9,12,14H,6,10-11,13H2,1-5H3/t14-/m0/s1. The van der Waals surface area contributed by atoms with Crippen LogP contribution in [-0.4, -0.2) is 57.6 Å². The summed E-state index contributed by atoms with van der Waals surface area (Å²) in [5, 5.41) is 1.04. The van der Waals surface area contributed by atoms with Gasteiger partial charge >= 0.3 is 6.09 Å². The molecular formula is C21H28BrN3O3. The second-order valence-electron chi connectivity index (χ2n) is 8.23. The zero-order valence-corrected chi connectivity index (χ0v) is 18.7. The van der Waals surface area contributed by atoms with Crippen molar-refractivity contribution in [2.75, 3.05) is 19.6 Å². The number of aromatic nitrogens is 1. The Kier molecular flexibility index (Phi) is 5.75. The average Bonchev–Trinajstić information content (AvgIpc) is 2.99. The molecular weight excluding hydrogens is 422 g/mol. The maximum atomic E-state index is 13.3. The quantitative estimate of drug-likeness (QED) is 0.677. The van der Waals surface area contributed by atoms with Crippen LogP contribution in [0.1, 0.15) is 45.1 Å². The Morgan fingerprint density at radius 3 is 2.57 bits per heavy atom. The van der Waals surface area contributed by atoms with Crippen LogP contribution in [0.25, 0.3) is 10.9 Å². The molecule has 0 saturated carbocycles. The van der Waals surface area contributed by atoms with Gasteiger partial charge in [0.15, 0.2) is 0 Å². The van der Waals surface area contributed by atoms with Crippen molar-refractivity contribution in [3.63, 3.8) is 0 Å². The maximum Gasteiger partial charge on any atom is 0.410 e. The zero-order chi connectivity index (χ0) is 20.6. The Labute approximate surface area is 174 Å². The van der Waals surface area contributed by atoms with Crippen LogP contribution < -0.4 is 0 Å². The molecule has 1 aliphatic rings. The van der Waals surface area contributed by atoms with Crippen LogP contribution in [0.3, 0.4) is 0 Å². The van der Waals surface area contributed by atoms with E-state index in [2.05, 4.69) is 15.9 Å². The second-order valence-corrected chi connectivity index (χ2v) is 9.08. The number of ether oxygens (including phenoxy) is 1. The number of piperazine rings is 1. The highest BCUT2D eigenvalue weighted by Gasteiger charge is 2.33. The number of rotatable bonds is 2. The van der Waals surface area contributed by atoms with Crippen LogP contribution in [0, 0.1) is 0 Å². The van der Waals surface area contributed by atoms with Crippen LogP contribution in [0.2, 0.25) is 0 Å². The van der Waals surface area contributed by atoms with Crippen LogP contribution in [0.4, 0.5) is 4.79 Å². The first kappa shape index (κ1) is 20.7. The van der Waals surface area contributed by atoms with Crippen LogP contribution in [0.15, 0.2) is 28.7 Å². The normalized spacial score (nSPS) is 17.9. The van der Waals surface area contributed by atoms with E-state index in [9.17, 15) is 9.59 Å². The molecule has 7 heteroatoms. The molecule has 2 amide bonds. The molecule has 0 aliphatic carbocycles. The van der Waals surface area contributed by atoms with Gasteiger partial charge in [0.2, 0.25) is 0 Å². The zero-order valence-electron chi connectivity index (χ0n) is 17.2. The molecule has 1 aliphatic heterocycles. The lowest BCUT2D eigenvalue weighted by Crippen LogP contribution is -2.56. The minimum Gasteiger partial charge on any atom is -0.444 e. The van der Waals surface area contributed by atoms with Gasteiger partial charge in [-0.05, 0) is 62.7 Å². The number of carbonyl (C=O) groups excluding carboxylic acids is 2. The number of hydrogen-bond acceptors (Lipinski definition) is 3. The number of aryl methyl sites for hydroxylation is 1. The first-order valence-corrected chi connectivity index (χ1v) is 10.5.